The fourth-order valence-electron chi connectivity index (χ4n) is 4.59. The van der Waals surface area contributed by atoms with Gasteiger partial charge in [-0.15, -0.1) is 0 Å². The standard InChI is InChI=1S/C27H42O7/c1-9-22-14-17(4)23(30)12-11-16(3)13-18(5)24(10-2)34-26(31)15-25(32-20(7)28)19(6)27(22)33-21(8)29/h11-13,17-19,22,24-25,27H,9-10,14-15H2,1-8H3/b12-11+,16-13+/t17-,18-,19+,22-,24-,25-,27-/m1/s1. The number of ether oxygens (including phenoxy) is 3. The minimum Gasteiger partial charge on any atom is -0.462 e. The summed E-state index contributed by atoms with van der Waals surface area (Å²) in [7, 11) is 0. The first-order valence-electron chi connectivity index (χ1n) is 12.3. The van der Waals surface area contributed by atoms with Crippen molar-refractivity contribution in [3.05, 3.63) is 23.8 Å². The molecule has 1 heterocycles. The van der Waals surface area contributed by atoms with Gasteiger partial charge in [0.05, 0.1) is 6.42 Å². The lowest BCUT2D eigenvalue weighted by Crippen LogP contribution is -2.42. The Hall–Kier alpha value is -2.44. The van der Waals surface area contributed by atoms with Crippen molar-refractivity contribution < 1.29 is 33.4 Å². The maximum atomic E-state index is 12.9. The molecule has 0 amide bonds. The highest BCUT2D eigenvalue weighted by atomic mass is 16.6. The monoisotopic (exact) mass is 478 g/mol. The summed E-state index contributed by atoms with van der Waals surface area (Å²) < 4.78 is 17.0. The van der Waals surface area contributed by atoms with Crippen molar-refractivity contribution in [2.75, 3.05) is 0 Å². The number of allylic oxidation sites excluding steroid dienone is 3. The molecule has 0 spiro atoms. The quantitative estimate of drug-likeness (QED) is 0.416. The van der Waals surface area contributed by atoms with Crippen molar-refractivity contribution in [2.24, 2.45) is 23.7 Å². The van der Waals surface area contributed by atoms with E-state index >= 15 is 0 Å². The average molecular weight is 479 g/mol. The maximum Gasteiger partial charge on any atom is 0.309 e. The Kier molecular flexibility index (Phi) is 12.2. The normalized spacial score (nSPS) is 34.4. The van der Waals surface area contributed by atoms with Gasteiger partial charge in [0, 0.05) is 31.6 Å². The molecule has 7 nitrogen and oxygen atoms in total. The predicted octanol–water partition coefficient (Wildman–Crippen LogP) is 4.97. The Morgan fingerprint density at radius 3 is 2.15 bits per heavy atom. The van der Waals surface area contributed by atoms with Crippen molar-refractivity contribution in [1.82, 2.24) is 0 Å². The van der Waals surface area contributed by atoms with Crippen LogP contribution >= 0.6 is 0 Å². The number of ketones is 1. The lowest BCUT2D eigenvalue weighted by molar-refractivity contribution is -0.168. The number of cyclic esters (lactones) is 1. The largest absolute Gasteiger partial charge is 0.462 e. The third-order valence-corrected chi connectivity index (χ3v) is 6.53. The SMILES string of the molecule is CC[C@@H]1C[C@@H](C)C(=O)/C=C/C(C)=C/[C@@H](C)[C@@H](CC)OC(=O)C[C@@H](OC(C)=O)[C@H](C)[C@H]1OC(C)=O. The first-order chi connectivity index (χ1) is 15.9. The molecule has 0 aromatic rings. The van der Waals surface area contributed by atoms with Crippen LogP contribution < -0.4 is 0 Å². The topological polar surface area (TPSA) is 96.0 Å². The molecule has 0 unspecified atom stereocenters. The van der Waals surface area contributed by atoms with Crippen LogP contribution in [0.2, 0.25) is 0 Å². The molecular formula is C27H42O7. The molecule has 7 heteroatoms. The van der Waals surface area contributed by atoms with Gasteiger partial charge in [-0.25, -0.2) is 0 Å². The molecule has 0 aliphatic carbocycles. The van der Waals surface area contributed by atoms with E-state index in [-0.39, 0.29) is 36.1 Å². The smallest absolute Gasteiger partial charge is 0.309 e. The molecule has 0 saturated heterocycles. The summed E-state index contributed by atoms with van der Waals surface area (Å²) >= 11 is 0. The number of hydrogen-bond acceptors (Lipinski definition) is 7. The fraction of sp³-hybridized carbons (Fsp3) is 0.704. The van der Waals surface area contributed by atoms with Crippen LogP contribution in [-0.4, -0.2) is 42.0 Å². The van der Waals surface area contributed by atoms with Crippen LogP contribution in [0, 0.1) is 23.7 Å². The van der Waals surface area contributed by atoms with Crippen LogP contribution in [0.1, 0.15) is 81.1 Å². The van der Waals surface area contributed by atoms with Gasteiger partial charge in [0.2, 0.25) is 0 Å². The Labute approximate surface area is 204 Å². The molecule has 34 heavy (non-hydrogen) atoms. The molecule has 0 saturated carbocycles. The first kappa shape index (κ1) is 29.6. The van der Waals surface area contributed by atoms with E-state index in [1.54, 1.807) is 19.1 Å². The second-order valence-electron chi connectivity index (χ2n) is 9.53. The van der Waals surface area contributed by atoms with Gasteiger partial charge in [-0.3, -0.25) is 19.2 Å². The summed E-state index contributed by atoms with van der Waals surface area (Å²) in [5.41, 5.74) is 0.908. The minimum absolute atomic E-state index is 0.00446. The maximum absolute atomic E-state index is 12.9. The summed E-state index contributed by atoms with van der Waals surface area (Å²) in [6.07, 6.45) is 5.15. The van der Waals surface area contributed by atoms with Crippen LogP contribution in [-0.2, 0) is 33.4 Å². The van der Waals surface area contributed by atoms with Crippen LogP contribution in [0.3, 0.4) is 0 Å². The van der Waals surface area contributed by atoms with Crippen LogP contribution in [0.5, 0.6) is 0 Å². The van der Waals surface area contributed by atoms with Crippen molar-refractivity contribution >= 4 is 23.7 Å². The van der Waals surface area contributed by atoms with Gasteiger partial charge >= 0.3 is 17.9 Å². The highest BCUT2D eigenvalue weighted by Gasteiger charge is 2.38. The van der Waals surface area contributed by atoms with E-state index in [2.05, 4.69) is 0 Å². The summed E-state index contributed by atoms with van der Waals surface area (Å²) in [5.74, 6) is -2.45. The summed E-state index contributed by atoms with van der Waals surface area (Å²) in [6, 6.07) is 0. The van der Waals surface area contributed by atoms with E-state index < -0.39 is 36.0 Å². The van der Waals surface area contributed by atoms with Gasteiger partial charge in [0.25, 0.3) is 0 Å². The molecule has 192 valence electrons. The number of esters is 3. The van der Waals surface area contributed by atoms with E-state index in [4.69, 9.17) is 14.2 Å². The van der Waals surface area contributed by atoms with Gasteiger partial charge < -0.3 is 14.2 Å². The molecule has 7 atom stereocenters. The number of rotatable bonds is 4. The number of hydrogen-bond donors (Lipinski definition) is 0. The van der Waals surface area contributed by atoms with Gasteiger partial charge in [0.15, 0.2) is 5.78 Å². The van der Waals surface area contributed by atoms with E-state index in [1.807, 2.05) is 40.7 Å². The van der Waals surface area contributed by atoms with Gasteiger partial charge in [0.1, 0.15) is 18.3 Å². The molecule has 0 radical (unpaired) electrons. The van der Waals surface area contributed by atoms with E-state index in [0.29, 0.717) is 19.3 Å². The van der Waals surface area contributed by atoms with Crippen molar-refractivity contribution in [3.8, 4) is 0 Å². The lowest BCUT2D eigenvalue weighted by atomic mass is 9.80. The Morgan fingerprint density at radius 1 is 1.00 bits per heavy atom. The predicted molar refractivity (Wildman–Crippen MR) is 130 cm³/mol. The molecule has 1 rings (SSSR count). The van der Waals surface area contributed by atoms with Gasteiger partial charge in [-0.2, -0.15) is 0 Å². The second-order valence-corrected chi connectivity index (χ2v) is 9.53. The average Bonchev–Trinajstić information content (AvgIpc) is 2.75. The molecule has 0 bridgehead atoms. The third-order valence-electron chi connectivity index (χ3n) is 6.53. The molecule has 0 aromatic heterocycles. The fourth-order valence-corrected chi connectivity index (χ4v) is 4.59. The Balaban J connectivity index is 3.48. The summed E-state index contributed by atoms with van der Waals surface area (Å²) in [6.45, 7) is 14.1. The Morgan fingerprint density at radius 2 is 1.62 bits per heavy atom. The highest BCUT2D eigenvalue weighted by Crippen LogP contribution is 2.31. The van der Waals surface area contributed by atoms with E-state index in [1.165, 1.54) is 13.8 Å². The third kappa shape index (κ3) is 9.43. The Bertz CT molecular complexity index is 782. The highest BCUT2D eigenvalue weighted by molar-refractivity contribution is 5.91. The summed E-state index contributed by atoms with van der Waals surface area (Å²) in [4.78, 5) is 49.5. The summed E-state index contributed by atoms with van der Waals surface area (Å²) in [5, 5.41) is 0. The minimum atomic E-state index is -0.827. The van der Waals surface area contributed by atoms with E-state index in [9.17, 15) is 19.2 Å². The molecular weight excluding hydrogens is 436 g/mol. The molecule has 0 N–H and O–H groups in total. The zero-order chi connectivity index (χ0) is 26.0. The van der Waals surface area contributed by atoms with Crippen LogP contribution in [0.25, 0.3) is 0 Å². The molecule has 1 aliphatic rings. The first-order valence-corrected chi connectivity index (χ1v) is 12.3. The molecule has 0 aromatic carbocycles. The van der Waals surface area contributed by atoms with Crippen LogP contribution in [0.15, 0.2) is 23.8 Å². The molecule has 1 aliphatic heterocycles. The van der Waals surface area contributed by atoms with Crippen LogP contribution in [0.4, 0.5) is 0 Å². The van der Waals surface area contributed by atoms with Gasteiger partial charge in [-0.05, 0) is 38.2 Å². The van der Waals surface area contributed by atoms with E-state index in [0.717, 1.165) is 5.57 Å². The van der Waals surface area contributed by atoms with Crippen molar-refractivity contribution in [3.63, 3.8) is 0 Å². The number of carbonyl (C=O) groups is 4. The zero-order valence-electron chi connectivity index (χ0n) is 22.0. The number of carbonyl (C=O) groups excluding carboxylic acids is 4. The lowest BCUT2D eigenvalue weighted by Gasteiger charge is -2.35. The van der Waals surface area contributed by atoms with Crippen molar-refractivity contribution in [2.45, 2.75) is 99.4 Å². The van der Waals surface area contributed by atoms with Gasteiger partial charge in [-0.1, -0.05) is 52.3 Å². The molecule has 0 fully saturated rings. The second kappa shape index (κ2) is 14.1. The van der Waals surface area contributed by atoms with Crippen molar-refractivity contribution in [1.29, 1.82) is 0 Å². The zero-order valence-corrected chi connectivity index (χ0v) is 22.0.